The Kier molecular flexibility index (Phi) is 2.82. The Labute approximate surface area is 93.6 Å². The fourth-order valence-electron chi connectivity index (χ4n) is 2.27. The first kappa shape index (κ1) is 11.3. The van der Waals surface area contributed by atoms with Gasteiger partial charge in [0.1, 0.15) is 5.75 Å². The molecule has 1 aliphatic rings. The molecule has 0 saturated heterocycles. The van der Waals surface area contributed by atoms with Gasteiger partial charge in [-0.3, -0.25) is 4.98 Å². The standard InChI is InChI=1S/C12H15F2NO/c1-8(2)12(4-5-12)9-3-6-15-7-10(9)16-11(13)14/h3,6-8,11H,4-5H2,1-2H3. The number of pyridine rings is 1. The lowest BCUT2D eigenvalue weighted by Gasteiger charge is -2.22. The maximum atomic E-state index is 12.3. The second kappa shape index (κ2) is 4.00. The molecule has 1 aromatic rings. The van der Waals surface area contributed by atoms with Crippen molar-refractivity contribution in [2.45, 2.75) is 38.7 Å². The zero-order valence-corrected chi connectivity index (χ0v) is 9.41. The molecule has 0 aromatic carbocycles. The van der Waals surface area contributed by atoms with Gasteiger partial charge in [-0.2, -0.15) is 8.78 Å². The fourth-order valence-corrected chi connectivity index (χ4v) is 2.27. The molecule has 0 spiro atoms. The van der Waals surface area contributed by atoms with Crippen molar-refractivity contribution in [3.05, 3.63) is 24.0 Å². The van der Waals surface area contributed by atoms with Crippen molar-refractivity contribution < 1.29 is 13.5 Å². The molecule has 1 fully saturated rings. The molecule has 1 saturated carbocycles. The number of ether oxygens (including phenoxy) is 1. The van der Waals surface area contributed by atoms with Gasteiger partial charge in [0.2, 0.25) is 0 Å². The van der Waals surface area contributed by atoms with Crippen molar-refractivity contribution in [1.82, 2.24) is 4.98 Å². The molecular formula is C12H15F2NO. The van der Waals surface area contributed by atoms with Crippen LogP contribution in [0.15, 0.2) is 18.5 Å². The van der Waals surface area contributed by atoms with Gasteiger partial charge in [0.25, 0.3) is 0 Å². The molecule has 88 valence electrons. The summed E-state index contributed by atoms with van der Waals surface area (Å²) in [5.41, 5.74) is 0.894. The van der Waals surface area contributed by atoms with Crippen molar-refractivity contribution in [2.24, 2.45) is 5.92 Å². The summed E-state index contributed by atoms with van der Waals surface area (Å²) in [4.78, 5) is 3.84. The third-order valence-electron chi connectivity index (χ3n) is 3.43. The zero-order valence-electron chi connectivity index (χ0n) is 9.41. The highest BCUT2D eigenvalue weighted by atomic mass is 19.3. The Bertz CT molecular complexity index is 375. The maximum absolute atomic E-state index is 12.3. The lowest BCUT2D eigenvalue weighted by molar-refractivity contribution is -0.0511. The normalized spacial score (nSPS) is 17.9. The quantitative estimate of drug-likeness (QED) is 0.786. The van der Waals surface area contributed by atoms with Crippen molar-refractivity contribution in [2.75, 3.05) is 0 Å². The Balaban J connectivity index is 2.33. The van der Waals surface area contributed by atoms with E-state index in [-0.39, 0.29) is 11.2 Å². The molecule has 1 aliphatic carbocycles. The summed E-state index contributed by atoms with van der Waals surface area (Å²) in [5.74, 6) is 0.652. The van der Waals surface area contributed by atoms with E-state index in [1.54, 1.807) is 12.3 Å². The molecule has 2 nitrogen and oxygen atoms in total. The van der Waals surface area contributed by atoms with E-state index in [0.29, 0.717) is 5.92 Å². The SMILES string of the molecule is CC(C)C1(c2ccncc2OC(F)F)CC1. The number of rotatable bonds is 4. The van der Waals surface area contributed by atoms with Crippen LogP contribution in [0.4, 0.5) is 8.78 Å². The van der Waals surface area contributed by atoms with Gasteiger partial charge in [-0.15, -0.1) is 0 Å². The number of hydrogen-bond acceptors (Lipinski definition) is 2. The number of hydrogen-bond donors (Lipinski definition) is 0. The smallest absolute Gasteiger partial charge is 0.387 e. The van der Waals surface area contributed by atoms with Crippen LogP contribution in [0.25, 0.3) is 0 Å². The Morgan fingerprint density at radius 1 is 1.38 bits per heavy atom. The van der Waals surface area contributed by atoms with Gasteiger partial charge in [0.15, 0.2) is 0 Å². The molecule has 1 aromatic heterocycles. The Morgan fingerprint density at radius 3 is 2.56 bits per heavy atom. The van der Waals surface area contributed by atoms with Crippen molar-refractivity contribution in [3.63, 3.8) is 0 Å². The van der Waals surface area contributed by atoms with Crippen LogP contribution < -0.4 is 4.74 Å². The molecule has 0 unspecified atom stereocenters. The molecule has 0 N–H and O–H groups in total. The number of nitrogens with zero attached hydrogens (tertiary/aromatic N) is 1. The van der Waals surface area contributed by atoms with Gasteiger partial charge >= 0.3 is 6.61 Å². The average Bonchev–Trinajstić information content (AvgIpc) is 2.98. The summed E-state index contributed by atoms with van der Waals surface area (Å²) < 4.78 is 29.0. The van der Waals surface area contributed by atoms with Gasteiger partial charge in [0.05, 0.1) is 6.20 Å². The fraction of sp³-hybridized carbons (Fsp3) is 0.583. The monoisotopic (exact) mass is 227 g/mol. The van der Waals surface area contributed by atoms with Crippen LogP contribution in [0.1, 0.15) is 32.3 Å². The number of alkyl halides is 2. The molecule has 0 amide bonds. The summed E-state index contributed by atoms with van der Waals surface area (Å²) in [6.45, 7) is 1.44. The first-order valence-corrected chi connectivity index (χ1v) is 5.45. The predicted octanol–water partition coefficient (Wildman–Crippen LogP) is 3.37. The van der Waals surface area contributed by atoms with Crippen LogP contribution in [0, 0.1) is 5.92 Å². The van der Waals surface area contributed by atoms with E-state index in [4.69, 9.17) is 0 Å². The summed E-state index contributed by atoms with van der Waals surface area (Å²) in [5, 5.41) is 0. The first-order valence-electron chi connectivity index (χ1n) is 5.45. The van der Waals surface area contributed by atoms with Gasteiger partial charge in [0, 0.05) is 17.2 Å². The Morgan fingerprint density at radius 2 is 2.06 bits per heavy atom. The van der Waals surface area contributed by atoms with E-state index in [1.807, 2.05) is 0 Å². The summed E-state index contributed by atoms with van der Waals surface area (Å²) in [6.07, 6.45) is 5.09. The second-order valence-electron chi connectivity index (χ2n) is 4.56. The van der Waals surface area contributed by atoms with E-state index in [2.05, 4.69) is 23.6 Å². The van der Waals surface area contributed by atoms with E-state index in [1.165, 1.54) is 6.20 Å². The van der Waals surface area contributed by atoms with Crippen molar-refractivity contribution in [3.8, 4) is 5.75 Å². The summed E-state index contributed by atoms with van der Waals surface area (Å²) in [7, 11) is 0. The van der Waals surface area contributed by atoms with Crippen LogP contribution in [-0.2, 0) is 5.41 Å². The Hall–Kier alpha value is -1.19. The molecular weight excluding hydrogens is 212 g/mol. The number of halogens is 2. The van der Waals surface area contributed by atoms with Crippen LogP contribution in [-0.4, -0.2) is 11.6 Å². The molecule has 4 heteroatoms. The second-order valence-corrected chi connectivity index (χ2v) is 4.56. The van der Waals surface area contributed by atoms with Gasteiger partial charge in [-0.05, 0) is 24.8 Å². The largest absolute Gasteiger partial charge is 0.433 e. The molecule has 1 heterocycles. The minimum atomic E-state index is -2.79. The van der Waals surface area contributed by atoms with Crippen molar-refractivity contribution >= 4 is 0 Å². The first-order chi connectivity index (χ1) is 7.56. The summed E-state index contributed by atoms with van der Waals surface area (Å²) >= 11 is 0. The van der Waals surface area contributed by atoms with Gasteiger partial charge < -0.3 is 4.74 Å². The number of aromatic nitrogens is 1. The minimum absolute atomic E-state index is 0.0210. The van der Waals surface area contributed by atoms with E-state index < -0.39 is 6.61 Å². The van der Waals surface area contributed by atoms with Crippen molar-refractivity contribution in [1.29, 1.82) is 0 Å². The summed E-state index contributed by atoms with van der Waals surface area (Å²) in [6, 6.07) is 1.80. The molecule has 16 heavy (non-hydrogen) atoms. The van der Waals surface area contributed by atoms with Gasteiger partial charge in [-0.25, -0.2) is 0 Å². The van der Waals surface area contributed by atoms with Crippen LogP contribution in [0.5, 0.6) is 5.75 Å². The van der Waals surface area contributed by atoms with E-state index in [9.17, 15) is 8.78 Å². The van der Waals surface area contributed by atoms with Crippen LogP contribution in [0.3, 0.4) is 0 Å². The third kappa shape index (κ3) is 1.88. The predicted molar refractivity (Wildman–Crippen MR) is 56.6 cm³/mol. The van der Waals surface area contributed by atoms with Crippen LogP contribution >= 0.6 is 0 Å². The molecule has 0 aliphatic heterocycles. The van der Waals surface area contributed by atoms with Gasteiger partial charge in [-0.1, -0.05) is 13.8 Å². The topological polar surface area (TPSA) is 22.1 Å². The third-order valence-corrected chi connectivity index (χ3v) is 3.43. The molecule has 0 radical (unpaired) electrons. The zero-order chi connectivity index (χ0) is 11.8. The minimum Gasteiger partial charge on any atom is -0.433 e. The van der Waals surface area contributed by atoms with E-state index >= 15 is 0 Å². The van der Waals surface area contributed by atoms with E-state index in [0.717, 1.165) is 18.4 Å². The lowest BCUT2D eigenvalue weighted by atomic mass is 9.85. The van der Waals surface area contributed by atoms with Crippen LogP contribution in [0.2, 0.25) is 0 Å². The highest BCUT2D eigenvalue weighted by Gasteiger charge is 2.48. The highest BCUT2D eigenvalue weighted by molar-refractivity contribution is 5.41. The average molecular weight is 227 g/mol. The highest BCUT2D eigenvalue weighted by Crippen LogP contribution is 2.56. The lowest BCUT2D eigenvalue weighted by Crippen LogP contribution is -2.17. The maximum Gasteiger partial charge on any atom is 0.387 e. The molecule has 0 atom stereocenters. The molecule has 0 bridgehead atoms. The molecule has 2 rings (SSSR count).